The number of esters is 4. The van der Waals surface area contributed by atoms with Crippen molar-refractivity contribution >= 4 is 39.5 Å². The van der Waals surface area contributed by atoms with Gasteiger partial charge in [-0.3, -0.25) is 37.3 Å². The standard InChI is InChI=1S/C83H162O17P2/c1-8-9-10-11-12-13-14-15-19-27-32-37-44-52-59-66-83(88)100-79(71-94-81(86)65-58-51-46-39-42-49-56-63-76(6)7)73-98-102(91,92)96-69-77(84)68-95-101(89,90)97-72-78(70-93-80(85)64-57-50-43-36-31-26-23-18-21-25-30-35-41-48-55-62-75(4)5)99-82(87)67-60-53-45-38-33-28-22-17-16-20-24-29-34-40-47-54-61-74(2)3/h74-79,84H,8-73H2,1-7H3,(H,89,90)(H,91,92)/t77-,78-,79-/m1/s1. The number of hydrogen-bond donors (Lipinski definition) is 3. The van der Waals surface area contributed by atoms with Crippen LogP contribution in [0.15, 0.2) is 0 Å². The molecule has 3 N–H and O–H groups in total. The minimum absolute atomic E-state index is 0.107. The number of aliphatic hydroxyl groups excluding tert-OH is 1. The van der Waals surface area contributed by atoms with Crippen molar-refractivity contribution in [1.29, 1.82) is 0 Å². The molecule has 0 saturated heterocycles. The van der Waals surface area contributed by atoms with Gasteiger partial charge in [0.15, 0.2) is 12.2 Å². The van der Waals surface area contributed by atoms with E-state index < -0.39 is 97.5 Å². The largest absolute Gasteiger partial charge is 0.472 e. The Labute approximate surface area is 626 Å². The highest BCUT2D eigenvalue weighted by Crippen LogP contribution is 2.45. The van der Waals surface area contributed by atoms with Crippen LogP contribution in [0.4, 0.5) is 0 Å². The molecule has 0 spiro atoms. The minimum atomic E-state index is -4.96. The zero-order chi connectivity index (χ0) is 75.1. The number of hydrogen-bond acceptors (Lipinski definition) is 15. The Morgan fingerprint density at radius 2 is 0.451 bits per heavy atom. The zero-order valence-electron chi connectivity index (χ0n) is 67.1. The van der Waals surface area contributed by atoms with E-state index in [1.54, 1.807) is 0 Å². The quantitative estimate of drug-likeness (QED) is 0.0222. The number of phosphoric ester groups is 2. The average Bonchev–Trinajstić information content (AvgIpc) is 0.949. The second-order valence-corrected chi connectivity index (χ2v) is 34.2. The third-order valence-corrected chi connectivity index (χ3v) is 21.3. The molecule has 606 valence electrons. The zero-order valence-corrected chi connectivity index (χ0v) is 68.9. The lowest BCUT2D eigenvalue weighted by Crippen LogP contribution is -2.30. The highest BCUT2D eigenvalue weighted by atomic mass is 31.2. The van der Waals surface area contributed by atoms with E-state index >= 15 is 0 Å². The maximum atomic E-state index is 13.1. The maximum absolute atomic E-state index is 13.1. The molecule has 0 fully saturated rings. The monoisotopic (exact) mass is 1490 g/mol. The van der Waals surface area contributed by atoms with E-state index in [4.69, 9.17) is 37.0 Å². The predicted molar refractivity (Wildman–Crippen MR) is 418 cm³/mol. The van der Waals surface area contributed by atoms with Gasteiger partial charge in [0.2, 0.25) is 0 Å². The molecule has 0 amide bonds. The molecule has 0 heterocycles. The fourth-order valence-electron chi connectivity index (χ4n) is 12.8. The van der Waals surface area contributed by atoms with Gasteiger partial charge in [-0.05, 0) is 43.4 Å². The van der Waals surface area contributed by atoms with Crippen molar-refractivity contribution < 1.29 is 80.2 Å². The van der Waals surface area contributed by atoms with Crippen molar-refractivity contribution in [2.45, 2.75) is 452 Å². The average molecular weight is 1490 g/mol. The lowest BCUT2D eigenvalue weighted by molar-refractivity contribution is -0.161. The second-order valence-electron chi connectivity index (χ2n) is 31.3. The predicted octanol–water partition coefficient (Wildman–Crippen LogP) is 24.9. The van der Waals surface area contributed by atoms with Crippen LogP contribution >= 0.6 is 15.6 Å². The molecule has 0 aliphatic carbocycles. The number of aliphatic hydroxyl groups is 1. The molecule has 0 aromatic rings. The minimum Gasteiger partial charge on any atom is -0.462 e. The first-order valence-corrected chi connectivity index (χ1v) is 45.8. The van der Waals surface area contributed by atoms with E-state index in [1.807, 2.05) is 0 Å². The van der Waals surface area contributed by atoms with E-state index in [2.05, 4.69) is 48.5 Å². The summed E-state index contributed by atoms with van der Waals surface area (Å²) in [6.45, 7) is 12.0. The Morgan fingerprint density at radius 3 is 0.667 bits per heavy atom. The van der Waals surface area contributed by atoms with Crippen molar-refractivity contribution in [2.75, 3.05) is 39.6 Å². The number of rotatable bonds is 81. The van der Waals surface area contributed by atoms with Crippen molar-refractivity contribution in [3.8, 4) is 0 Å². The van der Waals surface area contributed by atoms with Crippen LogP contribution in [0.2, 0.25) is 0 Å². The first kappa shape index (κ1) is 100. The first-order chi connectivity index (χ1) is 49.2. The maximum Gasteiger partial charge on any atom is 0.472 e. The summed E-state index contributed by atoms with van der Waals surface area (Å²) in [5.41, 5.74) is 0. The molecule has 102 heavy (non-hydrogen) atoms. The Morgan fingerprint density at radius 1 is 0.265 bits per heavy atom. The molecule has 17 nitrogen and oxygen atoms in total. The number of ether oxygens (including phenoxy) is 4. The number of carbonyl (C=O) groups excluding carboxylic acids is 4. The molecular weight excluding hydrogens is 1330 g/mol. The lowest BCUT2D eigenvalue weighted by atomic mass is 10.0. The highest BCUT2D eigenvalue weighted by Gasteiger charge is 2.30. The Bertz CT molecular complexity index is 1970. The fourth-order valence-corrected chi connectivity index (χ4v) is 14.4. The molecule has 0 saturated carbocycles. The van der Waals surface area contributed by atoms with Gasteiger partial charge in [-0.15, -0.1) is 0 Å². The van der Waals surface area contributed by atoms with Gasteiger partial charge < -0.3 is 33.8 Å². The molecule has 0 aromatic carbocycles. The van der Waals surface area contributed by atoms with Gasteiger partial charge in [0, 0.05) is 25.7 Å². The number of unbranched alkanes of at least 4 members (excludes halogenated alkanes) is 49. The molecule has 0 rings (SSSR count). The molecule has 5 atom stereocenters. The van der Waals surface area contributed by atoms with Gasteiger partial charge in [0.1, 0.15) is 19.3 Å². The van der Waals surface area contributed by atoms with Gasteiger partial charge in [0.05, 0.1) is 26.4 Å². The van der Waals surface area contributed by atoms with Gasteiger partial charge in [0.25, 0.3) is 0 Å². The van der Waals surface area contributed by atoms with Gasteiger partial charge in [-0.1, -0.05) is 382 Å². The number of phosphoric acid groups is 2. The molecule has 2 unspecified atom stereocenters. The summed E-state index contributed by atoms with van der Waals surface area (Å²) in [6, 6.07) is 0. The summed E-state index contributed by atoms with van der Waals surface area (Å²) in [7, 11) is -9.92. The number of carbonyl (C=O) groups is 4. The van der Waals surface area contributed by atoms with Crippen molar-refractivity contribution in [3.63, 3.8) is 0 Å². The topological polar surface area (TPSA) is 237 Å². The van der Waals surface area contributed by atoms with Crippen molar-refractivity contribution in [1.82, 2.24) is 0 Å². The molecule has 0 bridgehead atoms. The van der Waals surface area contributed by atoms with E-state index in [0.717, 1.165) is 108 Å². The third kappa shape index (κ3) is 76.3. The van der Waals surface area contributed by atoms with Gasteiger partial charge >= 0.3 is 39.5 Å². The molecule has 0 aromatic heterocycles. The SMILES string of the molecule is CCCCCCCCCCCCCCCCCC(=O)O[C@H](COC(=O)CCCCCCCCCC(C)C)COP(=O)(O)OC[C@H](O)COP(=O)(O)OC[C@@H](COC(=O)CCCCCCCCCCCCCCCCCC(C)C)OC(=O)CCCCCCCCCCCCCCCCCCC(C)C. The Kier molecular flexibility index (Phi) is 71.8. The molecular formula is C83H162O17P2. The van der Waals surface area contributed by atoms with Crippen molar-refractivity contribution in [2.24, 2.45) is 17.8 Å². The van der Waals surface area contributed by atoms with Crippen LogP contribution in [-0.4, -0.2) is 96.7 Å². The van der Waals surface area contributed by atoms with Gasteiger partial charge in [-0.2, -0.15) is 0 Å². The fraction of sp³-hybridized carbons (Fsp3) is 0.952. The van der Waals surface area contributed by atoms with Crippen LogP contribution in [0.5, 0.6) is 0 Å². The molecule has 0 aliphatic rings. The second kappa shape index (κ2) is 73.2. The summed E-state index contributed by atoms with van der Waals surface area (Å²) in [5, 5.41) is 10.7. The van der Waals surface area contributed by atoms with Crippen LogP contribution in [0.25, 0.3) is 0 Å². The van der Waals surface area contributed by atoms with E-state index in [-0.39, 0.29) is 25.7 Å². The summed E-state index contributed by atoms with van der Waals surface area (Å²) in [5.74, 6) is 0.213. The summed E-state index contributed by atoms with van der Waals surface area (Å²) in [4.78, 5) is 73.1. The van der Waals surface area contributed by atoms with E-state index in [9.17, 15) is 43.2 Å². The highest BCUT2D eigenvalue weighted by molar-refractivity contribution is 7.47. The summed E-state index contributed by atoms with van der Waals surface area (Å²) in [6.07, 6.45) is 62.5. The normalized spacial score (nSPS) is 13.9. The summed E-state index contributed by atoms with van der Waals surface area (Å²) >= 11 is 0. The van der Waals surface area contributed by atoms with Crippen LogP contribution in [-0.2, 0) is 65.4 Å². The van der Waals surface area contributed by atoms with Crippen molar-refractivity contribution in [3.05, 3.63) is 0 Å². The molecule has 0 aliphatic heterocycles. The summed E-state index contributed by atoms with van der Waals surface area (Å²) < 4.78 is 68.8. The van der Waals surface area contributed by atoms with E-state index in [0.29, 0.717) is 31.6 Å². The van der Waals surface area contributed by atoms with Crippen LogP contribution < -0.4 is 0 Å². The molecule has 19 heteroatoms. The van der Waals surface area contributed by atoms with E-state index in [1.165, 1.54) is 238 Å². The van der Waals surface area contributed by atoms with Crippen LogP contribution in [0.1, 0.15) is 434 Å². The lowest BCUT2D eigenvalue weighted by Gasteiger charge is -2.21. The first-order valence-electron chi connectivity index (χ1n) is 42.8. The van der Waals surface area contributed by atoms with Gasteiger partial charge in [-0.25, -0.2) is 9.13 Å². The van der Waals surface area contributed by atoms with Crippen LogP contribution in [0.3, 0.4) is 0 Å². The van der Waals surface area contributed by atoms with Crippen LogP contribution in [0, 0.1) is 17.8 Å². The smallest absolute Gasteiger partial charge is 0.462 e. The Hall–Kier alpha value is -1.94. The molecule has 0 radical (unpaired) electrons. The third-order valence-electron chi connectivity index (χ3n) is 19.4. The Balaban J connectivity index is 5.24.